The highest BCUT2D eigenvalue weighted by Crippen LogP contribution is 2.19. The number of alkyl carbamates (subject to hydrolysis) is 1. The highest BCUT2D eigenvalue weighted by Gasteiger charge is 2.22. The molecule has 3 rings (SSSR count). The first-order valence-corrected chi connectivity index (χ1v) is 9.08. The maximum Gasteiger partial charge on any atom is 0.408 e. The highest BCUT2D eigenvalue weighted by atomic mass is 16.5. The molecule has 0 aliphatic heterocycles. The topological polar surface area (TPSA) is 84.9 Å². The molecule has 1 unspecified atom stereocenters. The van der Waals surface area contributed by atoms with Gasteiger partial charge in [0.25, 0.3) is 0 Å². The van der Waals surface area contributed by atoms with Crippen molar-refractivity contribution in [3.63, 3.8) is 0 Å². The van der Waals surface area contributed by atoms with Crippen LogP contribution in [0.1, 0.15) is 22.7 Å². The van der Waals surface area contributed by atoms with Crippen LogP contribution in [0, 0.1) is 0 Å². The molecule has 3 aromatic rings. The Morgan fingerprint density at radius 1 is 0.793 bits per heavy atom. The summed E-state index contributed by atoms with van der Waals surface area (Å²) in [6, 6.07) is 24.2. The Hall–Kier alpha value is -3.80. The van der Waals surface area contributed by atoms with E-state index in [1.165, 1.54) is 0 Å². The fourth-order valence-electron chi connectivity index (χ4n) is 2.67. The van der Waals surface area contributed by atoms with Gasteiger partial charge in [-0.1, -0.05) is 72.8 Å². The van der Waals surface area contributed by atoms with Gasteiger partial charge in [0.05, 0.1) is 0 Å². The molecule has 0 aliphatic carbocycles. The molecule has 1 amide bonds. The van der Waals surface area contributed by atoms with Gasteiger partial charge in [0.1, 0.15) is 19.0 Å². The van der Waals surface area contributed by atoms with Crippen molar-refractivity contribution in [2.24, 2.45) is 0 Å². The minimum Gasteiger partial charge on any atom is -0.489 e. The van der Waals surface area contributed by atoms with Gasteiger partial charge >= 0.3 is 12.1 Å². The van der Waals surface area contributed by atoms with Crippen molar-refractivity contribution in [3.8, 4) is 5.75 Å². The Balaban J connectivity index is 1.56. The van der Waals surface area contributed by atoms with Crippen molar-refractivity contribution in [1.29, 1.82) is 0 Å². The summed E-state index contributed by atoms with van der Waals surface area (Å²) in [5.41, 5.74) is 2.26. The molecule has 6 heteroatoms. The SMILES string of the molecule is O=C(NC(C(=O)O)c1ccc(OCc2ccccc2)cc1)OCc1ccccc1. The number of nitrogens with one attached hydrogen (secondary N) is 1. The average Bonchev–Trinajstić information content (AvgIpc) is 2.76. The lowest BCUT2D eigenvalue weighted by atomic mass is 10.1. The standard InChI is InChI=1S/C23H21NO5/c25-22(26)21(24-23(27)29-16-18-9-5-2-6-10-18)19-11-13-20(14-12-19)28-15-17-7-3-1-4-8-17/h1-14,21H,15-16H2,(H,24,27)(H,25,26). The summed E-state index contributed by atoms with van der Waals surface area (Å²) in [6.45, 7) is 0.470. The van der Waals surface area contributed by atoms with Crippen LogP contribution in [0.2, 0.25) is 0 Å². The quantitative estimate of drug-likeness (QED) is 0.597. The zero-order chi connectivity index (χ0) is 20.5. The second kappa shape index (κ2) is 9.94. The number of amides is 1. The number of hydrogen-bond donors (Lipinski definition) is 2. The highest BCUT2D eigenvalue weighted by molar-refractivity contribution is 5.81. The number of benzene rings is 3. The third-order valence-corrected chi connectivity index (χ3v) is 4.18. The van der Waals surface area contributed by atoms with Crippen LogP contribution in [0.25, 0.3) is 0 Å². The lowest BCUT2D eigenvalue weighted by molar-refractivity contribution is -0.139. The molecule has 148 valence electrons. The molecule has 6 nitrogen and oxygen atoms in total. The monoisotopic (exact) mass is 391 g/mol. The smallest absolute Gasteiger partial charge is 0.408 e. The van der Waals surface area contributed by atoms with Gasteiger partial charge in [0.2, 0.25) is 0 Å². The summed E-state index contributed by atoms with van der Waals surface area (Å²) in [6.07, 6.45) is -0.800. The zero-order valence-electron chi connectivity index (χ0n) is 15.7. The number of carboxylic acids is 1. The molecule has 0 spiro atoms. The van der Waals surface area contributed by atoms with Crippen LogP contribution in [0.5, 0.6) is 5.75 Å². The maximum atomic E-state index is 12.0. The number of aliphatic carboxylic acids is 1. The van der Waals surface area contributed by atoms with E-state index in [9.17, 15) is 14.7 Å². The van der Waals surface area contributed by atoms with Crippen LogP contribution in [0.3, 0.4) is 0 Å². The predicted octanol–water partition coefficient (Wildman–Crippen LogP) is 4.32. The molecule has 0 radical (unpaired) electrons. The molecule has 0 aliphatic rings. The summed E-state index contributed by atoms with van der Waals surface area (Å²) in [4.78, 5) is 23.6. The lowest BCUT2D eigenvalue weighted by Gasteiger charge is -2.15. The number of carbonyl (C=O) groups excluding carboxylic acids is 1. The molecular weight excluding hydrogens is 370 g/mol. The minimum absolute atomic E-state index is 0.0608. The van der Waals surface area contributed by atoms with Gasteiger partial charge in [-0.15, -0.1) is 0 Å². The predicted molar refractivity (Wildman–Crippen MR) is 107 cm³/mol. The number of carbonyl (C=O) groups is 2. The molecule has 29 heavy (non-hydrogen) atoms. The van der Waals surface area contributed by atoms with E-state index in [1.54, 1.807) is 24.3 Å². The first-order valence-electron chi connectivity index (χ1n) is 9.08. The second-order valence-electron chi connectivity index (χ2n) is 6.32. The summed E-state index contributed by atoms with van der Waals surface area (Å²) in [5.74, 6) is -0.576. The number of rotatable bonds is 8. The van der Waals surface area contributed by atoms with Crippen LogP contribution in [0.15, 0.2) is 84.9 Å². The van der Waals surface area contributed by atoms with E-state index < -0.39 is 18.1 Å². The molecule has 0 saturated heterocycles. The van der Waals surface area contributed by atoms with E-state index in [0.29, 0.717) is 17.9 Å². The van der Waals surface area contributed by atoms with Gasteiger partial charge in [-0.3, -0.25) is 0 Å². The van der Waals surface area contributed by atoms with E-state index >= 15 is 0 Å². The van der Waals surface area contributed by atoms with Crippen molar-refractivity contribution in [2.75, 3.05) is 0 Å². The van der Waals surface area contributed by atoms with Gasteiger partial charge in [-0.25, -0.2) is 9.59 Å². The lowest BCUT2D eigenvalue weighted by Crippen LogP contribution is -2.34. The van der Waals surface area contributed by atoms with Crippen molar-refractivity contribution in [1.82, 2.24) is 5.32 Å². The Kier molecular flexibility index (Phi) is 6.84. The van der Waals surface area contributed by atoms with E-state index in [4.69, 9.17) is 9.47 Å². The van der Waals surface area contributed by atoms with Crippen molar-refractivity contribution >= 4 is 12.1 Å². The molecule has 0 saturated carbocycles. The molecular formula is C23H21NO5. The second-order valence-corrected chi connectivity index (χ2v) is 6.32. The third kappa shape index (κ3) is 6.10. The normalized spacial score (nSPS) is 11.3. The number of ether oxygens (including phenoxy) is 2. The zero-order valence-corrected chi connectivity index (χ0v) is 15.7. The molecule has 1 atom stereocenters. The minimum atomic E-state index is -1.22. The van der Waals surface area contributed by atoms with Crippen molar-refractivity contribution in [2.45, 2.75) is 19.3 Å². The van der Waals surface area contributed by atoms with E-state index in [1.807, 2.05) is 60.7 Å². The fraction of sp³-hybridized carbons (Fsp3) is 0.130. The molecule has 3 aromatic carbocycles. The van der Waals surface area contributed by atoms with Gasteiger partial charge in [-0.05, 0) is 28.8 Å². The molecule has 0 aromatic heterocycles. The van der Waals surface area contributed by atoms with Gasteiger partial charge in [0.15, 0.2) is 6.04 Å². The Bertz CT molecular complexity index is 927. The summed E-state index contributed by atoms with van der Waals surface area (Å²) in [5, 5.41) is 11.9. The average molecular weight is 391 g/mol. The molecule has 0 bridgehead atoms. The first-order chi connectivity index (χ1) is 14.1. The fourth-order valence-corrected chi connectivity index (χ4v) is 2.67. The third-order valence-electron chi connectivity index (χ3n) is 4.18. The number of carboxylic acid groups (broad SMARTS) is 1. The Morgan fingerprint density at radius 3 is 1.90 bits per heavy atom. The number of hydrogen-bond acceptors (Lipinski definition) is 4. The van der Waals surface area contributed by atoms with Crippen LogP contribution in [-0.4, -0.2) is 17.2 Å². The summed E-state index contributed by atoms with van der Waals surface area (Å²) >= 11 is 0. The van der Waals surface area contributed by atoms with Crippen LogP contribution in [0.4, 0.5) is 4.79 Å². The van der Waals surface area contributed by atoms with Crippen molar-refractivity contribution in [3.05, 3.63) is 102 Å². The van der Waals surface area contributed by atoms with E-state index in [-0.39, 0.29) is 6.61 Å². The van der Waals surface area contributed by atoms with E-state index in [0.717, 1.165) is 11.1 Å². The van der Waals surface area contributed by atoms with Crippen LogP contribution < -0.4 is 10.1 Å². The largest absolute Gasteiger partial charge is 0.489 e. The van der Waals surface area contributed by atoms with Crippen LogP contribution in [-0.2, 0) is 22.7 Å². The maximum absolute atomic E-state index is 12.0. The summed E-state index contributed by atoms with van der Waals surface area (Å²) in [7, 11) is 0. The molecule has 2 N–H and O–H groups in total. The summed E-state index contributed by atoms with van der Waals surface area (Å²) < 4.78 is 10.8. The first kappa shape index (κ1) is 19.9. The molecule has 0 heterocycles. The van der Waals surface area contributed by atoms with Gasteiger partial charge in [-0.2, -0.15) is 0 Å². The Morgan fingerprint density at radius 2 is 1.34 bits per heavy atom. The molecule has 0 fully saturated rings. The van der Waals surface area contributed by atoms with Gasteiger partial charge in [0, 0.05) is 0 Å². The van der Waals surface area contributed by atoms with Crippen molar-refractivity contribution < 1.29 is 24.2 Å². The van der Waals surface area contributed by atoms with Gasteiger partial charge < -0.3 is 19.9 Å². The van der Waals surface area contributed by atoms with Crippen LogP contribution >= 0.6 is 0 Å². The Labute approximate surface area is 168 Å². The van der Waals surface area contributed by atoms with E-state index in [2.05, 4.69) is 5.32 Å².